The van der Waals surface area contributed by atoms with Gasteiger partial charge in [-0.15, -0.1) is 0 Å². The number of hydrogen-bond donors (Lipinski definition) is 1. The number of halogens is 1. The van der Waals surface area contributed by atoms with Gasteiger partial charge in [0.25, 0.3) is 5.91 Å². The zero-order valence-electron chi connectivity index (χ0n) is 9.06. The summed E-state index contributed by atoms with van der Waals surface area (Å²) in [4.78, 5) is 16.1. The van der Waals surface area contributed by atoms with Crippen LogP contribution in [0, 0.1) is 0 Å². The van der Waals surface area contributed by atoms with E-state index in [1.54, 1.807) is 29.3 Å². The van der Waals surface area contributed by atoms with E-state index >= 15 is 0 Å². The molecular weight excluding hydrogens is 284 g/mol. The van der Waals surface area contributed by atoms with Crippen molar-refractivity contribution in [1.82, 2.24) is 19.9 Å². The third kappa shape index (κ3) is 1.82. The third-order valence-electron chi connectivity index (χ3n) is 3.06. The molecule has 1 aliphatic carbocycles. The van der Waals surface area contributed by atoms with Crippen molar-refractivity contribution in [3.63, 3.8) is 0 Å². The highest BCUT2D eigenvalue weighted by molar-refractivity contribution is 9.09. The quantitative estimate of drug-likeness (QED) is 0.870. The van der Waals surface area contributed by atoms with E-state index in [9.17, 15) is 4.79 Å². The Morgan fingerprint density at radius 1 is 1.53 bits per heavy atom. The second kappa shape index (κ2) is 3.80. The van der Waals surface area contributed by atoms with Gasteiger partial charge in [0.2, 0.25) is 0 Å². The topological polar surface area (TPSA) is 59.3 Å². The second-order valence-corrected chi connectivity index (χ2v) is 4.89. The van der Waals surface area contributed by atoms with Gasteiger partial charge in [0.15, 0.2) is 0 Å². The lowest BCUT2D eigenvalue weighted by atomic mass is 10.2. The molecule has 5 nitrogen and oxygen atoms in total. The van der Waals surface area contributed by atoms with Crippen LogP contribution < -0.4 is 5.32 Å². The molecule has 1 N–H and O–H groups in total. The van der Waals surface area contributed by atoms with Gasteiger partial charge in [-0.25, -0.2) is 4.52 Å². The molecule has 0 saturated heterocycles. The van der Waals surface area contributed by atoms with Crippen LogP contribution in [0.25, 0.3) is 5.52 Å². The fraction of sp³-hybridized carbons (Fsp3) is 0.364. The number of alkyl halides is 1. The number of amides is 1. The molecule has 2 aromatic rings. The fourth-order valence-corrected chi connectivity index (χ4v) is 2.46. The van der Waals surface area contributed by atoms with Gasteiger partial charge in [0, 0.05) is 17.7 Å². The van der Waals surface area contributed by atoms with Gasteiger partial charge < -0.3 is 5.32 Å². The molecule has 1 amide bonds. The highest BCUT2D eigenvalue weighted by atomic mass is 79.9. The van der Waals surface area contributed by atoms with Crippen LogP contribution in [0.15, 0.2) is 24.8 Å². The van der Waals surface area contributed by atoms with Gasteiger partial charge in [-0.1, -0.05) is 15.9 Å². The van der Waals surface area contributed by atoms with Crippen LogP contribution in [0.1, 0.15) is 23.2 Å². The Bertz CT molecular complexity index is 576. The monoisotopic (exact) mass is 294 g/mol. The maximum absolute atomic E-state index is 12.1. The highest BCUT2D eigenvalue weighted by Gasteiger charge is 2.43. The maximum Gasteiger partial charge on any atom is 0.255 e. The predicted molar refractivity (Wildman–Crippen MR) is 66.2 cm³/mol. The molecule has 0 atom stereocenters. The molecule has 88 valence electrons. The molecule has 0 radical (unpaired) electrons. The number of fused-ring (bicyclic) bond motifs is 1. The maximum atomic E-state index is 12.1. The summed E-state index contributed by atoms with van der Waals surface area (Å²) in [5.74, 6) is -0.0787. The Labute approximate surface area is 106 Å². The lowest BCUT2D eigenvalue weighted by molar-refractivity contribution is 0.0938. The van der Waals surface area contributed by atoms with Crippen molar-refractivity contribution in [2.45, 2.75) is 18.4 Å². The SMILES string of the molecule is O=C(NC1(CBr)CC1)c1cnn2ccncc12. The smallest absolute Gasteiger partial charge is 0.255 e. The summed E-state index contributed by atoms with van der Waals surface area (Å²) in [5.41, 5.74) is 1.26. The number of nitrogens with one attached hydrogen (secondary N) is 1. The molecule has 0 unspecified atom stereocenters. The number of carbonyl (C=O) groups is 1. The molecule has 0 aliphatic heterocycles. The van der Waals surface area contributed by atoms with Crippen LogP contribution in [-0.4, -0.2) is 31.4 Å². The van der Waals surface area contributed by atoms with E-state index in [-0.39, 0.29) is 11.4 Å². The summed E-state index contributed by atoms with van der Waals surface area (Å²) < 4.78 is 1.65. The molecule has 0 bridgehead atoms. The molecule has 1 saturated carbocycles. The van der Waals surface area contributed by atoms with Crippen molar-refractivity contribution in [3.8, 4) is 0 Å². The first-order chi connectivity index (χ1) is 8.24. The summed E-state index contributed by atoms with van der Waals surface area (Å²) >= 11 is 3.43. The van der Waals surface area contributed by atoms with Crippen molar-refractivity contribution in [1.29, 1.82) is 0 Å². The Kier molecular flexibility index (Phi) is 2.39. The van der Waals surface area contributed by atoms with Gasteiger partial charge in [0.05, 0.1) is 29.0 Å². The number of nitrogens with zero attached hydrogens (tertiary/aromatic N) is 3. The minimum absolute atomic E-state index is 0.0481. The standard InChI is InChI=1S/C11H11BrN4O/c12-7-11(1-2-11)15-10(17)8-5-14-16-4-3-13-6-9(8)16/h3-6H,1-2,7H2,(H,15,17). The van der Waals surface area contributed by atoms with Gasteiger partial charge in [-0.2, -0.15) is 5.10 Å². The van der Waals surface area contributed by atoms with E-state index in [0.29, 0.717) is 5.56 Å². The van der Waals surface area contributed by atoms with Crippen molar-refractivity contribution in [2.75, 3.05) is 5.33 Å². The minimum atomic E-state index is -0.0787. The Balaban J connectivity index is 1.91. The van der Waals surface area contributed by atoms with Crippen molar-refractivity contribution in [2.24, 2.45) is 0 Å². The van der Waals surface area contributed by atoms with Gasteiger partial charge >= 0.3 is 0 Å². The zero-order valence-corrected chi connectivity index (χ0v) is 10.6. The first-order valence-electron chi connectivity index (χ1n) is 5.40. The molecule has 3 rings (SSSR count). The van der Waals surface area contributed by atoms with Crippen molar-refractivity contribution < 1.29 is 4.79 Å². The normalized spacial score (nSPS) is 17.0. The van der Waals surface area contributed by atoms with Crippen LogP contribution in [0.2, 0.25) is 0 Å². The van der Waals surface area contributed by atoms with Crippen molar-refractivity contribution >= 4 is 27.4 Å². The Hall–Kier alpha value is -1.43. The van der Waals surface area contributed by atoms with Gasteiger partial charge in [0.1, 0.15) is 0 Å². The summed E-state index contributed by atoms with van der Waals surface area (Å²) in [6.45, 7) is 0. The molecule has 2 heterocycles. The van der Waals surface area contributed by atoms with Crippen LogP contribution in [-0.2, 0) is 0 Å². The van der Waals surface area contributed by atoms with E-state index in [2.05, 4.69) is 31.3 Å². The van der Waals surface area contributed by atoms with E-state index in [1.807, 2.05) is 0 Å². The lowest BCUT2D eigenvalue weighted by Crippen LogP contribution is -2.38. The molecule has 1 aliphatic rings. The van der Waals surface area contributed by atoms with E-state index in [4.69, 9.17) is 0 Å². The summed E-state index contributed by atoms with van der Waals surface area (Å²) in [6, 6.07) is 0. The average Bonchev–Trinajstić information content (AvgIpc) is 2.99. The van der Waals surface area contributed by atoms with Gasteiger partial charge in [-0.3, -0.25) is 9.78 Å². The molecule has 0 spiro atoms. The molecule has 1 fully saturated rings. The zero-order chi connectivity index (χ0) is 11.9. The molecule has 0 aromatic carbocycles. The summed E-state index contributed by atoms with van der Waals surface area (Å²) in [5, 5.41) is 7.96. The Morgan fingerprint density at radius 2 is 2.35 bits per heavy atom. The highest BCUT2D eigenvalue weighted by Crippen LogP contribution is 2.37. The number of aromatic nitrogens is 3. The number of rotatable bonds is 3. The fourth-order valence-electron chi connectivity index (χ4n) is 1.76. The summed E-state index contributed by atoms with van der Waals surface area (Å²) in [6.07, 6.45) is 8.65. The van der Waals surface area contributed by atoms with E-state index in [0.717, 1.165) is 23.7 Å². The first kappa shape index (κ1) is 10.7. The van der Waals surface area contributed by atoms with Crippen LogP contribution >= 0.6 is 15.9 Å². The predicted octanol–water partition coefficient (Wildman–Crippen LogP) is 1.39. The molecule has 6 heteroatoms. The minimum Gasteiger partial charge on any atom is -0.346 e. The molecule has 2 aromatic heterocycles. The molecular formula is C11H11BrN4O. The van der Waals surface area contributed by atoms with Crippen LogP contribution in [0.3, 0.4) is 0 Å². The van der Waals surface area contributed by atoms with E-state index in [1.165, 1.54) is 0 Å². The number of carbonyl (C=O) groups excluding carboxylic acids is 1. The average molecular weight is 295 g/mol. The van der Waals surface area contributed by atoms with Gasteiger partial charge in [-0.05, 0) is 12.8 Å². The van der Waals surface area contributed by atoms with E-state index < -0.39 is 0 Å². The lowest BCUT2D eigenvalue weighted by Gasteiger charge is -2.13. The Morgan fingerprint density at radius 3 is 3.06 bits per heavy atom. The second-order valence-electron chi connectivity index (χ2n) is 4.33. The third-order valence-corrected chi connectivity index (χ3v) is 4.13. The largest absolute Gasteiger partial charge is 0.346 e. The number of hydrogen-bond acceptors (Lipinski definition) is 3. The van der Waals surface area contributed by atoms with Crippen molar-refractivity contribution in [3.05, 3.63) is 30.4 Å². The molecule has 17 heavy (non-hydrogen) atoms. The van der Waals surface area contributed by atoms with Crippen LogP contribution in [0.5, 0.6) is 0 Å². The summed E-state index contributed by atoms with van der Waals surface area (Å²) in [7, 11) is 0. The first-order valence-corrected chi connectivity index (χ1v) is 6.52. The van der Waals surface area contributed by atoms with Crippen LogP contribution in [0.4, 0.5) is 0 Å².